The predicted molar refractivity (Wildman–Crippen MR) is 36.4 cm³/mol. The van der Waals surface area contributed by atoms with Gasteiger partial charge in [-0.3, -0.25) is 0 Å². The fourth-order valence-corrected chi connectivity index (χ4v) is 0.682. The number of ether oxygens (including phenoxy) is 1. The Morgan fingerprint density at radius 1 is 1.30 bits per heavy atom. The molecular weight excluding hydrogens is 177 g/mol. The van der Waals surface area contributed by atoms with Crippen molar-refractivity contribution in [2.45, 2.75) is 0 Å². The summed E-state index contributed by atoms with van der Waals surface area (Å²) in [6.45, 7) is 0. The molecule has 0 aliphatic carbocycles. The average Bonchev–Trinajstić information content (AvgIpc) is 1.94. The number of rotatable bonds is 1. The number of halogens is 2. The van der Waals surface area contributed by atoms with Crippen LogP contribution in [0.4, 0.5) is 0 Å². The quantitative estimate of drug-likeness (QED) is 0.651. The van der Waals surface area contributed by atoms with E-state index in [1.807, 2.05) is 0 Å². The van der Waals surface area contributed by atoms with E-state index in [-0.39, 0.29) is 16.3 Å². The molecule has 0 radical (unpaired) electrons. The van der Waals surface area contributed by atoms with Gasteiger partial charge in [0.05, 0.1) is 7.11 Å². The number of nitrogens with zero attached hydrogens (tertiary/aromatic N) is 3. The third kappa shape index (κ3) is 1.46. The summed E-state index contributed by atoms with van der Waals surface area (Å²) in [4.78, 5) is 3.63. The summed E-state index contributed by atoms with van der Waals surface area (Å²) in [7, 11) is 1.42. The van der Waals surface area contributed by atoms with Crippen LogP contribution in [0.2, 0.25) is 10.4 Å². The van der Waals surface area contributed by atoms with Gasteiger partial charge in [-0.15, -0.1) is 10.2 Å². The lowest BCUT2D eigenvalue weighted by Gasteiger charge is -1.97. The Bertz CT molecular complexity index is 242. The standard InChI is InChI=1S/C4H3Cl2N3O/c1-10-3-2(5)8-9-4(6)7-3/h1H3. The van der Waals surface area contributed by atoms with Crippen molar-refractivity contribution in [1.82, 2.24) is 15.2 Å². The van der Waals surface area contributed by atoms with Crippen LogP contribution in [0.3, 0.4) is 0 Å². The number of hydrogen-bond acceptors (Lipinski definition) is 4. The monoisotopic (exact) mass is 179 g/mol. The first-order chi connectivity index (χ1) is 4.74. The molecule has 1 aromatic heterocycles. The molecule has 0 atom stereocenters. The van der Waals surface area contributed by atoms with E-state index in [0.29, 0.717) is 0 Å². The van der Waals surface area contributed by atoms with Gasteiger partial charge in [0.15, 0.2) is 0 Å². The van der Waals surface area contributed by atoms with Crippen LogP contribution >= 0.6 is 23.2 Å². The largest absolute Gasteiger partial charge is 0.479 e. The summed E-state index contributed by atoms with van der Waals surface area (Å²) in [6, 6.07) is 0. The molecule has 0 saturated heterocycles. The van der Waals surface area contributed by atoms with Crippen LogP contribution in [-0.2, 0) is 0 Å². The second-order valence-corrected chi connectivity index (χ2v) is 2.08. The summed E-state index contributed by atoms with van der Waals surface area (Å²) in [5, 5.41) is 6.94. The van der Waals surface area contributed by atoms with E-state index in [4.69, 9.17) is 27.9 Å². The molecule has 0 saturated carbocycles. The molecule has 10 heavy (non-hydrogen) atoms. The molecule has 54 valence electrons. The highest BCUT2D eigenvalue weighted by molar-refractivity contribution is 6.31. The highest BCUT2D eigenvalue weighted by Crippen LogP contribution is 2.17. The molecule has 0 spiro atoms. The highest BCUT2D eigenvalue weighted by Gasteiger charge is 2.03. The van der Waals surface area contributed by atoms with Gasteiger partial charge in [-0.2, -0.15) is 4.98 Å². The van der Waals surface area contributed by atoms with E-state index < -0.39 is 0 Å². The average molecular weight is 180 g/mol. The van der Waals surface area contributed by atoms with Crippen LogP contribution in [0, 0.1) is 0 Å². The second kappa shape index (κ2) is 2.98. The van der Waals surface area contributed by atoms with Crippen molar-refractivity contribution >= 4 is 23.2 Å². The van der Waals surface area contributed by atoms with Crippen molar-refractivity contribution in [3.8, 4) is 5.88 Å². The van der Waals surface area contributed by atoms with Crippen molar-refractivity contribution in [1.29, 1.82) is 0 Å². The van der Waals surface area contributed by atoms with Gasteiger partial charge in [-0.05, 0) is 11.6 Å². The zero-order chi connectivity index (χ0) is 7.56. The van der Waals surface area contributed by atoms with E-state index in [0.717, 1.165) is 0 Å². The molecular formula is C4H3Cl2N3O. The normalized spacial score (nSPS) is 9.50. The van der Waals surface area contributed by atoms with Crippen molar-refractivity contribution in [3.63, 3.8) is 0 Å². The molecule has 1 aromatic rings. The number of methoxy groups -OCH3 is 1. The molecule has 4 nitrogen and oxygen atoms in total. The molecule has 1 heterocycles. The van der Waals surface area contributed by atoms with Gasteiger partial charge in [0.2, 0.25) is 10.4 Å². The third-order valence-electron chi connectivity index (χ3n) is 0.784. The fourth-order valence-electron chi connectivity index (χ4n) is 0.410. The lowest BCUT2D eigenvalue weighted by molar-refractivity contribution is 0.394. The van der Waals surface area contributed by atoms with E-state index in [1.165, 1.54) is 7.11 Å². The molecule has 0 unspecified atom stereocenters. The van der Waals surface area contributed by atoms with Crippen molar-refractivity contribution < 1.29 is 4.74 Å². The van der Waals surface area contributed by atoms with Crippen LogP contribution in [0.5, 0.6) is 5.88 Å². The Balaban J connectivity index is 3.09. The zero-order valence-corrected chi connectivity index (χ0v) is 6.52. The second-order valence-electron chi connectivity index (χ2n) is 1.38. The molecule has 0 aliphatic rings. The molecule has 0 aromatic carbocycles. The van der Waals surface area contributed by atoms with E-state index in [9.17, 15) is 0 Å². The SMILES string of the molecule is COc1nc(Cl)nnc1Cl. The minimum atomic E-state index is 0.0150. The summed E-state index contributed by atoms with van der Waals surface area (Å²) in [5.41, 5.74) is 0. The van der Waals surface area contributed by atoms with Gasteiger partial charge < -0.3 is 4.74 Å². The van der Waals surface area contributed by atoms with Crippen molar-refractivity contribution in [2.75, 3.05) is 7.11 Å². The van der Waals surface area contributed by atoms with Crippen LogP contribution in [0.1, 0.15) is 0 Å². The van der Waals surface area contributed by atoms with Gasteiger partial charge in [-0.25, -0.2) is 0 Å². The Morgan fingerprint density at radius 2 is 2.00 bits per heavy atom. The van der Waals surface area contributed by atoms with Gasteiger partial charge in [0, 0.05) is 0 Å². The van der Waals surface area contributed by atoms with Gasteiger partial charge in [0.25, 0.3) is 5.88 Å². The Labute approximate surface area is 67.1 Å². The Hall–Kier alpha value is -0.610. The Kier molecular flexibility index (Phi) is 2.24. The topological polar surface area (TPSA) is 47.9 Å². The minimum Gasteiger partial charge on any atom is -0.479 e. The summed E-state index contributed by atoms with van der Waals surface area (Å²) in [5.74, 6) is 0.182. The number of hydrogen-bond donors (Lipinski definition) is 0. The zero-order valence-electron chi connectivity index (χ0n) is 5.01. The first-order valence-corrected chi connectivity index (χ1v) is 3.09. The number of aromatic nitrogens is 3. The van der Waals surface area contributed by atoms with Crippen LogP contribution in [0.25, 0.3) is 0 Å². The van der Waals surface area contributed by atoms with Crippen LogP contribution in [0.15, 0.2) is 0 Å². The van der Waals surface area contributed by atoms with Gasteiger partial charge in [0.1, 0.15) is 0 Å². The third-order valence-corrected chi connectivity index (χ3v) is 1.18. The highest BCUT2D eigenvalue weighted by atomic mass is 35.5. The first kappa shape index (κ1) is 7.50. The maximum atomic E-state index is 5.48. The lowest BCUT2D eigenvalue weighted by Crippen LogP contribution is -1.94. The first-order valence-electron chi connectivity index (χ1n) is 2.33. The molecule has 0 aliphatic heterocycles. The maximum absolute atomic E-state index is 5.48. The molecule has 0 bridgehead atoms. The van der Waals surface area contributed by atoms with Gasteiger partial charge >= 0.3 is 0 Å². The minimum absolute atomic E-state index is 0.0150. The predicted octanol–water partition coefficient (Wildman–Crippen LogP) is 1.19. The van der Waals surface area contributed by atoms with Crippen molar-refractivity contribution in [3.05, 3.63) is 10.4 Å². The fraction of sp³-hybridized carbons (Fsp3) is 0.250. The van der Waals surface area contributed by atoms with E-state index in [1.54, 1.807) is 0 Å². The molecule has 6 heteroatoms. The van der Waals surface area contributed by atoms with E-state index >= 15 is 0 Å². The Morgan fingerprint density at radius 3 is 2.50 bits per heavy atom. The van der Waals surface area contributed by atoms with E-state index in [2.05, 4.69) is 15.2 Å². The van der Waals surface area contributed by atoms with Crippen LogP contribution in [-0.4, -0.2) is 22.3 Å². The summed E-state index contributed by atoms with van der Waals surface area (Å²) >= 11 is 10.8. The van der Waals surface area contributed by atoms with Crippen molar-refractivity contribution in [2.24, 2.45) is 0 Å². The molecule has 0 N–H and O–H groups in total. The van der Waals surface area contributed by atoms with Gasteiger partial charge in [-0.1, -0.05) is 11.6 Å². The lowest BCUT2D eigenvalue weighted by atomic mass is 10.8. The van der Waals surface area contributed by atoms with Crippen LogP contribution < -0.4 is 4.74 Å². The maximum Gasteiger partial charge on any atom is 0.256 e. The molecule has 1 rings (SSSR count). The summed E-state index contributed by atoms with van der Waals surface area (Å²) < 4.78 is 4.70. The summed E-state index contributed by atoms with van der Waals surface area (Å²) in [6.07, 6.45) is 0. The molecule has 0 fully saturated rings. The smallest absolute Gasteiger partial charge is 0.256 e. The molecule has 0 amide bonds.